The molecule has 0 rings (SSSR count). The molecule has 0 radical (unpaired) electrons. The Balaban J connectivity index is 0. The van der Waals surface area contributed by atoms with Crippen LogP contribution in [0.25, 0.3) is 0 Å². The average molecular weight is 412 g/mol. The Kier molecular flexibility index (Phi) is 9.80. The van der Waals surface area contributed by atoms with E-state index >= 15 is 0 Å². The zero-order valence-corrected chi connectivity index (χ0v) is 14.6. The van der Waals surface area contributed by atoms with Gasteiger partial charge in [-0.1, -0.05) is 0 Å². The molecule has 0 heterocycles. The van der Waals surface area contributed by atoms with Crippen LogP contribution in [0.3, 0.4) is 0 Å². The van der Waals surface area contributed by atoms with E-state index in [1.54, 1.807) is 0 Å². The van der Waals surface area contributed by atoms with Gasteiger partial charge in [-0.15, -0.1) is 0 Å². The molecule has 0 aliphatic rings. The SMILES string of the molecule is CC(C(=O)O)C(O)(CC(=O)O)C(=O)O.CC(C(=O)O)C(O)(CC(=O)O)C(=O)O. The van der Waals surface area contributed by atoms with Gasteiger partial charge in [-0.3, -0.25) is 19.2 Å². The molecule has 0 aromatic rings. The topological polar surface area (TPSA) is 264 Å². The van der Waals surface area contributed by atoms with Crippen LogP contribution in [-0.4, -0.2) is 87.9 Å². The van der Waals surface area contributed by atoms with Crippen molar-refractivity contribution in [2.45, 2.75) is 37.9 Å². The quantitative estimate of drug-likeness (QED) is 0.193. The Labute approximate surface area is 156 Å². The minimum atomic E-state index is -2.78. The van der Waals surface area contributed by atoms with E-state index in [0.717, 1.165) is 13.8 Å². The van der Waals surface area contributed by atoms with Crippen LogP contribution < -0.4 is 0 Å². The first-order valence-corrected chi connectivity index (χ1v) is 7.24. The summed E-state index contributed by atoms with van der Waals surface area (Å²) < 4.78 is 0. The third-order valence-corrected chi connectivity index (χ3v) is 3.76. The lowest BCUT2D eigenvalue weighted by Crippen LogP contribution is -2.49. The van der Waals surface area contributed by atoms with Gasteiger partial charge in [0.15, 0.2) is 11.2 Å². The molecular weight excluding hydrogens is 392 g/mol. The van der Waals surface area contributed by atoms with Crippen molar-refractivity contribution in [3.05, 3.63) is 0 Å². The molecule has 4 atom stereocenters. The Hall–Kier alpha value is -3.26. The first-order valence-electron chi connectivity index (χ1n) is 7.24. The number of aliphatic hydroxyl groups is 2. The summed E-state index contributed by atoms with van der Waals surface area (Å²) in [5.41, 5.74) is -5.56. The van der Waals surface area contributed by atoms with Crippen LogP contribution in [0.1, 0.15) is 26.7 Å². The Morgan fingerprint density at radius 1 is 0.607 bits per heavy atom. The number of carbonyl (C=O) groups is 6. The van der Waals surface area contributed by atoms with Crippen LogP contribution in [0.2, 0.25) is 0 Å². The van der Waals surface area contributed by atoms with Crippen LogP contribution >= 0.6 is 0 Å². The predicted molar refractivity (Wildman–Crippen MR) is 83.3 cm³/mol. The predicted octanol–water partition coefficient (Wildman–Crippen LogP) is -2.00. The maximum absolute atomic E-state index is 10.5. The molecule has 0 spiro atoms. The normalized spacial score (nSPS) is 16.7. The first kappa shape index (κ1) is 27.0. The average Bonchev–Trinajstić information content (AvgIpc) is 2.51. The van der Waals surface area contributed by atoms with Crippen LogP contribution in [0.15, 0.2) is 0 Å². The van der Waals surface area contributed by atoms with Gasteiger partial charge in [-0.05, 0) is 13.8 Å². The fourth-order valence-electron chi connectivity index (χ4n) is 1.70. The largest absolute Gasteiger partial charge is 0.481 e. The highest BCUT2D eigenvalue weighted by molar-refractivity contribution is 5.90. The van der Waals surface area contributed by atoms with Crippen molar-refractivity contribution in [1.29, 1.82) is 0 Å². The molecule has 14 nitrogen and oxygen atoms in total. The number of hydrogen-bond acceptors (Lipinski definition) is 8. The fourth-order valence-corrected chi connectivity index (χ4v) is 1.70. The molecule has 0 aliphatic heterocycles. The van der Waals surface area contributed by atoms with Crippen molar-refractivity contribution in [3.63, 3.8) is 0 Å². The van der Waals surface area contributed by atoms with Crippen LogP contribution in [0.5, 0.6) is 0 Å². The van der Waals surface area contributed by atoms with Crippen molar-refractivity contribution < 1.29 is 69.6 Å². The van der Waals surface area contributed by atoms with E-state index in [0.29, 0.717) is 0 Å². The summed E-state index contributed by atoms with van der Waals surface area (Å²) in [6.45, 7) is 1.86. The van der Waals surface area contributed by atoms with Gasteiger partial charge in [-0.25, -0.2) is 9.59 Å². The molecule has 14 heteroatoms. The van der Waals surface area contributed by atoms with Gasteiger partial charge in [0.2, 0.25) is 0 Å². The van der Waals surface area contributed by atoms with Crippen molar-refractivity contribution in [3.8, 4) is 0 Å². The standard InChI is InChI=1S/2C7H10O7/c2*1-3(5(10)11)7(14,6(12)13)2-4(8)9/h2*3,14H,2H2,1H3,(H,8,9)(H,10,11)(H,12,13). The van der Waals surface area contributed by atoms with E-state index in [1.165, 1.54) is 0 Å². The molecule has 0 fully saturated rings. The Bertz CT molecular complexity index is 598. The maximum Gasteiger partial charge on any atom is 0.337 e. The monoisotopic (exact) mass is 412 g/mol. The van der Waals surface area contributed by atoms with Crippen LogP contribution in [-0.2, 0) is 28.8 Å². The number of carboxylic acid groups (broad SMARTS) is 6. The summed E-state index contributed by atoms with van der Waals surface area (Å²) in [6, 6.07) is 0. The molecule has 28 heavy (non-hydrogen) atoms. The van der Waals surface area contributed by atoms with Crippen molar-refractivity contribution >= 4 is 35.8 Å². The summed E-state index contributed by atoms with van der Waals surface area (Å²) >= 11 is 0. The summed E-state index contributed by atoms with van der Waals surface area (Å²) in [5, 5.41) is 69.3. The third-order valence-electron chi connectivity index (χ3n) is 3.76. The molecule has 0 bridgehead atoms. The lowest BCUT2D eigenvalue weighted by atomic mass is 9.86. The van der Waals surface area contributed by atoms with Gasteiger partial charge in [0.25, 0.3) is 0 Å². The van der Waals surface area contributed by atoms with Gasteiger partial charge in [0.1, 0.15) is 0 Å². The van der Waals surface area contributed by atoms with Gasteiger partial charge >= 0.3 is 35.8 Å². The van der Waals surface area contributed by atoms with Gasteiger partial charge in [0, 0.05) is 0 Å². The van der Waals surface area contributed by atoms with E-state index in [4.69, 9.17) is 30.6 Å². The lowest BCUT2D eigenvalue weighted by molar-refractivity contribution is -0.178. The minimum Gasteiger partial charge on any atom is -0.481 e. The molecule has 0 aliphatic carbocycles. The van der Waals surface area contributed by atoms with Crippen molar-refractivity contribution in [2.75, 3.05) is 0 Å². The Morgan fingerprint density at radius 2 is 0.821 bits per heavy atom. The molecule has 0 aromatic heterocycles. The summed E-state index contributed by atoms with van der Waals surface area (Å²) in [4.78, 5) is 62.3. The van der Waals surface area contributed by atoms with E-state index < -0.39 is 71.7 Å². The molecule has 0 amide bonds. The van der Waals surface area contributed by atoms with Crippen LogP contribution in [0, 0.1) is 11.8 Å². The first-order chi connectivity index (χ1) is 12.4. The second kappa shape index (κ2) is 10.2. The number of rotatable bonds is 10. The van der Waals surface area contributed by atoms with E-state index in [-0.39, 0.29) is 0 Å². The molecule has 0 saturated carbocycles. The summed E-state index contributed by atoms with van der Waals surface area (Å²) in [5.74, 6) is -13.4. The minimum absolute atomic E-state index is 0.930. The molecule has 8 N–H and O–H groups in total. The molecule has 4 unspecified atom stereocenters. The number of carboxylic acids is 6. The van der Waals surface area contributed by atoms with Crippen molar-refractivity contribution in [1.82, 2.24) is 0 Å². The number of aliphatic carboxylic acids is 6. The Morgan fingerprint density at radius 3 is 0.929 bits per heavy atom. The van der Waals surface area contributed by atoms with E-state index in [9.17, 15) is 39.0 Å². The van der Waals surface area contributed by atoms with Gasteiger partial charge in [-0.2, -0.15) is 0 Å². The lowest BCUT2D eigenvalue weighted by Gasteiger charge is -2.25. The molecular formula is C14H20O14. The zero-order valence-electron chi connectivity index (χ0n) is 14.6. The van der Waals surface area contributed by atoms with E-state index in [2.05, 4.69) is 0 Å². The highest BCUT2D eigenvalue weighted by Gasteiger charge is 2.48. The molecule has 0 saturated heterocycles. The molecule has 0 aromatic carbocycles. The highest BCUT2D eigenvalue weighted by atomic mass is 16.4. The smallest absolute Gasteiger partial charge is 0.337 e. The highest BCUT2D eigenvalue weighted by Crippen LogP contribution is 2.23. The fraction of sp³-hybridized carbons (Fsp3) is 0.571. The summed E-state index contributed by atoms with van der Waals surface area (Å²) in [6.07, 6.45) is -2.31. The molecule has 160 valence electrons. The summed E-state index contributed by atoms with van der Waals surface area (Å²) in [7, 11) is 0. The van der Waals surface area contributed by atoms with Crippen molar-refractivity contribution in [2.24, 2.45) is 11.8 Å². The third kappa shape index (κ3) is 7.16. The zero-order chi connectivity index (χ0) is 23.0. The van der Waals surface area contributed by atoms with Gasteiger partial charge in [0.05, 0.1) is 24.7 Å². The number of hydrogen-bond donors (Lipinski definition) is 8. The van der Waals surface area contributed by atoms with Crippen LogP contribution in [0.4, 0.5) is 0 Å². The maximum atomic E-state index is 10.5. The second-order valence-electron chi connectivity index (χ2n) is 5.72. The second-order valence-corrected chi connectivity index (χ2v) is 5.72. The van der Waals surface area contributed by atoms with Gasteiger partial charge < -0.3 is 40.9 Å². The van der Waals surface area contributed by atoms with E-state index in [1.807, 2.05) is 0 Å².